The summed E-state index contributed by atoms with van der Waals surface area (Å²) in [5, 5.41) is 2.77. The predicted molar refractivity (Wildman–Crippen MR) is 86.5 cm³/mol. The van der Waals surface area contributed by atoms with Gasteiger partial charge in [0.2, 0.25) is 17.7 Å². The maximum atomic E-state index is 12.3. The van der Waals surface area contributed by atoms with Gasteiger partial charge in [0.25, 0.3) is 0 Å². The molecule has 0 radical (unpaired) electrons. The highest BCUT2D eigenvalue weighted by molar-refractivity contribution is 6.08. The van der Waals surface area contributed by atoms with E-state index in [-0.39, 0.29) is 36.1 Å². The molecular weight excluding hydrogens is 292 g/mol. The summed E-state index contributed by atoms with van der Waals surface area (Å²) in [5.41, 5.74) is 1.81. The number of aryl methyl sites for hydroxylation is 1. The highest BCUT2D eigenvalue weighted by Crippen LogP contribution is 2.34. The van der Waals surface area contributed by atoms with Gasteiger partial charge in [-0.2, -0.15) is 0 Å². The van der Waals surface area contributed by atoms with E-state index in [1.165, 1.54) is 0 Å². The monoisotopic (exact) mass is 312 g/mol. The maximum Gasteiger partial charge on any atom is 0.244 e. The third-order valence-electron chi connectivity index (χ3n) is 4.52. The minimum absolute atomic E-state index is 0.207. The molecule has 1 aromatic carbocycles. The zero-order chi connectivity index (χ0) is 16.4. The van der Waals surface area contributed by atoms with Crippen LogP contribution < -0.4 is 5.32 Å². The molecule has 120 valence electrons. The molecule has 0 unspecified atom stereocenters. The van der Waals surface area contributed by atoms with Crippen molar-refractivity contribution in [2.45, 2.75) is 26.2 Å². The lowest BCUT2D eigenvalue weighted by molar-refractivity contribution is -0.142. The van der Waals surface area contributed by atoms with E-state index in [4.69, 9.17) is 0 Å². The third-order valence-corrected chi connectivity index (χ3v) is 4.52. The number of anilines is 1. The fourth-order valence-electron chi connectivity index (χ4n) is 3.24. The van der Waals surface area contributed by atoms with E-state index >= 15 is 0 Å². The fourth-order valence-corrected chi connectivity index (χ4v) is 3.24. The molecule has 1 heterocycles. The molecule has 3 rings (SSSR count). The number of imide groups is 1. The molecule has 2 atom stereocenters. The Morgan fingerprint density at radius 1 is 1.17 bits per heavy atom. The molecule has 3 amide bonds. The van der Waals surface area contributed by atoms with Crippen molar-refractivity contribution in [3.63, 3.8) is 0 Å². The number of allylic oxidation sites excluding steroid dienone is 2. The van der Waals surface area contributed by atoms with Gasteiger partial charge < -0.3 is 5.32 Å². The molecule has 1 N–H and O–H groups in total. The van der Waals surface area contributed by atoms with Crippen LogP contribution in [0.1, 0.15) is 25.3 Å². The van der Waals surface area contributed by atoms with Gasteiger partial charge in [-0.15, -0.1) is 0 Å². The number of amides is 3. The van der Waals surface area contributed by atoms with Crippen molar-refractivity contribution in [1.82, 2.24) is 4.90 Å². The second-order valence-corrected chi connectivity index (χ2v) is 6.02. The van der Waals surface area contributed by atoms with Crippen molar-refractivity contribution in [3.05, 3.63) is 42.0 Å². The van der Waals surface area contributed by atoms with Crippen LogP contribution in [0.15, 0.2) is 36.4 Å². The van der Waals surface area contributed by atoms with E-state index in [2.05, 4.69) is 5.32 Å². The van der Waals surface area contributed by atoms with Crippen LogP contribution in [0.5, 0.6) is 0 Å². The maximum absolute atomic E-state index is 12.3. The van der Waals surface area contributed by atoms with E-state index < -0.39 is 0 Å². The van der Waals surface area contributed by atoms with Gasteiger partial charge in [0, 0.05) is 5.69 Å². The Morgan fingerprint density at radius 2 is 1.83 bits per heavy atom. The molecule has 1 aromatic rings. The largest absolute Gasteiger partial charge is 0.325 e. The number of carbonyl (C=O) groups excluding carboxylic acids is 3. The molecule has 0 spiro atoms. The van der Waals surface area contributed by atoms with Crippen LogP contribution >= 0.6 is 0 Å². The van der Waals surface area contributed by atoms with Gasteiger partial charge in [-0.25, -0.2) is 0 Å². The number of fused-ring (bicyclic) bond motifs is 1. The number of nitrogens with one attached hydrogen (secondary N) is 1. The third kappa shape index (κ3) is 3.04. The number of likely N-dealkylation sites (tertiary alicyclic amines) is 1. The minimum atomic E-state index is -0.341. The van der Waals surface area contributed by atoms with Gasteiger partial charge in [-0.05, 0) is 37.0 Å². The lowest BCUT2D eigenvalue weighted by Gasteiger charge is -2.14. The number of hydrogen-bond acceptors (Lipinski definition) is 3. The summed E-state index contributed by atoms with van der Waals surface area (Å²) in [6.45, 7) is 1.83. The van der Waals surface area contributed by atoms with Crippen molar-refractivity contribution in [3.8, 4) is 0 Å². The van der Waals surface area contributed by atoms with Crippen LogP contribution in [0.25, 0.3) is 0 Å². The summed E-state index contributed by atoms with van der Waals surface area (Å²) in [6.07, 6.45) is 5.93. The summed E-state index contributed by atoms with van der Waals surface area (Å²) < 4.78 is 0. The van der Waals surface area contributed by atoms with Gasteiger partial charge in [0.15, 0.2) is 0 Å². The average molecular weight is 312 g/mol. The first-order valence-corrected chi connectivity index (χ1v) is 7.99. The summed E-state index contributed by atoms with van der Waals surface area (Å²) in [7, 11) is 0. The molecule has 1 saturated heterocycles. The molecule has 0 saturated carbocycles. The molecule has 23 heavy (non-hydrogen) atoms. The smallest absolute Gasteiger partial charge is 0.244 e. The molecule has 1 aliphatic carbocycles. The molecule has 0 aromatic heterocycles. The van der Waals surface area contributed by atoms with Gasteiger partial charge in [-0.3, -0.25) is 19.3 Å². The Balaban J connectivity index is 1.66. The molecule has 5 heteroatoms. The van der Waals surface area contributed by atoms with E-state index in [9.17, 15) is 14.4 Å². The van der Waals surface area contributed by atoms with Crippen LogP contribution in [0.3, 0.4) is 0 Å². The highest BCUT2D eigenvalue weighted by atomic mass is 16.2. The quantitative estimate of drug-likeness (QED) is 0.684. The van der Waals surface area contributed by atoms with Crippen LogP contribution in [-0.2, 0) is 20.8 Å². The summed E-state index contributed by atoms with van der Waals surface area (Å²) in [6, 6.07) is 7.56. The van der Waals surface area contributed by atoms with Gasteiger partial charge >= 0.3 is 0 Å². The summed E-state index contributed by atoms with van der Waals surface area (Å²) in [5.74, 6) is -1.36. The van der Waals surface area contributed by atoms with Crippen molar-refractivity contribution in [2.75, 3.05) is 11.9 Å². The molecule has 0 bridgehead atoms. The lowest BCUT2D eigenvalue weighted by atomic mass is 9.85. The Kier molecular flexibility index (Phi) is 4.28. The number of nitrogens with zero attached hydrogens (tertiary/aromatic N) is 1. The van der Waals surface area contributed by atoms with E-state index in [0.29, 0.717) is 18.5 Å². The zero-order valence-electron chi connectivity index (χ0n) is 13.1. The van der Waals surface area contributed by atoms with Crippen LogP contribution in [0.4, 0.5) is 5.69 Å². The van der Waals surface area contributed by atoms with E-state index in [1.54, 1.807) is 6.07 Å². The van der Waals surface area contributed by atoms with Crippen molar-refractivity contribution in [1.29, 1.82) is 0 Å². The standard InChI is InChI=1S/C18H20N2O3/c1-2-12-6-5-7-13(10-12)19-16(21)11-20-17(22)14-8-3-4-9-15(14)18(20)23/h3-7,10,14-15H,2,8-9,11H2,1H3,(H,19,21)/t14-,15-/m0/s1. The Hall–Kier alpha value is -2.43. The van der Waals surface area contributed by atoms with Crippen LogP contribution in [-0.4, -0.2) is 29.2 Å². The SMILES string of the molecule is CCc1cccc(NC(=O)CN2C(=O)[C@H]3CC=CC[C@@H]3C2=O)c1. The Morgan fingerprint density at radius 3 is 2.43 bits per heavy atom. The first-order valence-electron chi connectivity index (χ1n) is 7.99. The molecule has 1 aliphatic heterocycles. The van der Waals surface area contributed by atoms with Gasteiger partial charge in [-0.1, -0.05) is 31.2 Å². The van der Waals surface area contributed by atoms with Crippen molar-refractivity contribution < 1.29 is 14.4 Å². The molecule has 1 fully saturated rings. The summed E-state index contributed by atoms with van der Waals surface area (Å²) >= 11 is 0. The van der Waals surface area contributed by atoms with Gasteiger partial charge in [0.1, 0.15) is 6.54 Å². The van der Waals surface area contributed by atoms with Crippen molar-refractivity contribution >= 4 is 23.4 Å². The number of rotatable bonds is 4. The fraction of sp³-hybridized carbons (Fsp3) is 0.389. The van der Waals surface area contributed by atoms with E-state index in [1.807, 2.05) is 37.3 Å². The topological polar surface area (TPSA) is 66.5 Å². The normalized spacial score (nSPS) is 23.1. The Bertz CT molecular complexity index is 655. The number of hydrogen-bond donors (Lipinski definition) is 1. The average Bonchev–Trinajstić information content (AvgIpc) is 2.80. The highest BCUT2D eigenvalue weighted by Gasteiger charge is 2.47. The molecular formula is C18H20N2O3. The first kappa shape index (κ1) is 15.5. The van der Waals surface area contributed by atoms with Crippen molar-refractivity contribution in [2.24, 2.45) is 11.8 Å². The van der Waals surface area contributed by atoms with Crippen LogP contribution in [0.2, 0.25) is 0 Å². The van der Waals surface area contributed by atoms with E-state index in [0.717, 1.165) is 16.9 Å². The minimum Gasteiger partial charge on any atom is -0.325 e. The number of benzene rings is 1. The predicted octanol–water partition coefficient (Wildman–Crippen LogP) is 2.14. The lowest BCUT2D eigenvalue weighted by Crippen LogP contribution is -2.38. The molecule has 2 aliphatic rings. The Labute approximate surface area is 135 Å². The first-order chi connectivity index (χ1) is 11.1. The second-order valence-electron chi connectivity index (χ2n) is 6.02. The number of carbonyl (C=O) groups is 3. The second kappa shape index (κ2) is 6.36. The summed E-state index contributed by atoms with van der Waals surface area (Å²) in [4.78, 5) is 38.0. The molecule has 5 nitrogen and oxygen atoms in total. The van der Waals surface area contributed by atoms with Crippen LogP contribution in [0, 0.1) is 11.8 Å². The van der Waals surface area contributed by atoms with Gasteiger partial charge in [0.05, 0.1) is 11.8 Å². The zero-order valence-corrected chi connectivity index (χ0v) is 13.1.